The molecule has 6 heteroatoms. The molecular formula is C20H21FN4O. The average Bonchev–Trinajstić information content (AvgIpc) is 3.05. The topological polar surface area (TPSA) is 61.0 Å². The van der Waals surface area contributed by atoms with E-state index in [1.54, 1.807) is 18.2 Å². The van der Waals surface area contributed by atoms with Crippen molar-refractivity contribution >= 4 is 22.6 Å². The monoisotopic (exact) mass is 352 g/mol. The normalized spacial score (nSPS) is 16.1. The Morgan fingerprint density at radius 3 is 2.77 bits per heavy atom. The van der Waals surface area contributed by atoms with Crippen LogP contribution in [0.2, 0.25) is 0 Å². The van der Waals surface area contributed by atoms with Gasteiger partial charge < -0.3 is 10.2 Å². The number of likely N-dealkylation sites (tertiary alicyclic amines) is 1. The molecule has 26 heavy (non-hydrogen) atoms. The van der Waals surface area contributed by atoms with Crippen LogP contribution in [0, 0.1) is 11.7 Å². The number of aromatic nitrogens is 2. The number of nitrogens with zero attached hydrogens (tertiary/aromatic N) is 2. The van der Waals surface area contributed by atoms with Crippen LogP contribution in [0.15, 0.2) is 42.5 Å². The Bertz CT molecular complexity index is 944. The van der Waals surface area contributed by atoms with Crippen LogP contribution in [-0.4, -0.2) is 41.1 Å². The third-order valence-electron chi connectivity index (χ3n) is 5.08. The molecule has 1 aliphatic rings. The number of amides is 1. The molecule has 1 amide bonds. The zero-order chi connectivity index (χ0) is 18.1. The highest BCUT2D eigenvalue weighted by Gasteiger charge is 2.24. The molecule has 2 heterocycles. The van der Waals surface area contributed by atoms with Gasteiger partial charge in [-0.1, -0.05) is 24.3 Å². The summed E-state index contributed by atoms with van der Waals surface area (Å²) < 4.78 is 14.1. The number of hydrogen-bond acceptors (Lipinski definition) is 3. The molecule has 5 nitrogen and oxygen atoms in total. The van der Waals surface area contributed by atoms with E-state index in [2.05, 4.69) is 27.5 Å². The smallest absolute Gasteiger partial charge is 0.228 e. The number of carbonyl (C=O) groups excluding carboxylic acids is 1. The maximum Gasteiger partial charge on any atom is 0.228 e. The zero-order valence-electron chi connectivity index (χ0n) is 14.6. The summed E-state index contributed by atoms with van der Waals surface area (Å²) in [5, 5.41) is 10.9. The van der Waals surface area contributed by atoms with Gasteiger partial charge in [0.05, 0.1) is 5.52 Å². The summed E-state index contributed by atoms with van der Waals surface area (Å²) in [6.45, 7) is 1.85. The first-order chi connectivity index (χ1) is 12.6. The van der Waals surface area contributed by atoms with Crippen molar-refractivity contribution in [1.82, 2.24) is 15.1 Å². The zero-order valence-corrected chi connectivity index (χ0v) is 14.6. The van der Waals surface area contributed by atoms with Crippen molar-refractivity contribution in [3.8, 4) is 11.1 Å². The van der Waals surface area contributed by atoms with Gasteiger partial charge in [0.1, 0.15) is 5.82 Å². The minimum atomic E-state index is -0.271. The Labute approximate surface area is 151 Å². The van der Waals surface area contributed by atoms with Crippen molar-refractivity contribution in [1.29, 1.82) is 0 Å². The lowest BCUT2D eigenvalue weighted by Gasteiger charge is -2.27. The predicted octanol–water partition coefficient (Wildman–Crippen LogP) is 3.65. The van der Waals surface area contributed by atoms with Crippen LogP contribution in [0.3, 0.4) is 0 Å². The van der Waals surface area contributed by atoms with E-state index in [1.807, 2.05) is 18.2 Å². The molecule has 1 saturated heterocycles. The van der Waals surface area contributed by atoms with Gasteiger partial charge in [-0.15, -0.1) is 0 Å². The predicted molar refractivity (Wildman–Crippen MR) is 100 cm³/mol. The second-order valence-corrected chi connectivity index (χ2v) is 6.88. The highest BCUT2D eigenvalue weighted by Crippen LogP contribution is 2.29. The van der Waals surface area contributed by atoms with E-state index in [4.69, 9.17) is 0 Å². The summed E-state index contributed by atoms with van der Waals surface area (Å²) in [6.07, 6.45) is 1.70. The molecule has 1 fully saturated rings. The van der Waals surface area contributed by atoms with Crippen LogP contribution in [0.5, 0.6) is 0 Å². The first kappa shape index (κ1) is 16.7. The molecule has 0 unspecified atom stereocenters. The van der Waals surface area contributed by atoms with E-state index in [1.165, 1.54) is 6.07 Å². The molecule has 0 aliphatic carbocycles. The van der Waals surface area contributed by atoms with Crippen molar-refractivity contribution in [2.75, 3.05) is 25.5 Å². The number of aromatic amines is 1. The van der Waals surface area contributed by atoms with Gasteiger partial charge in [-0.05, 0) is 56.7 Å². The number of rotatable bonds is 3. The van der Waals surface area contributed by atoms with Crippen LogP contribution in [-0.2, 0) is 4.79 Å². The maximum absolute atomic E-state index is 14.1. The van der Waals surface area contributed by atoms with Gasteiger partial charge in [0.15, 0.2) is 5.82 Å². The molecular weight excluding hydrogens is 331 g/mol. The number of halogens is 1. The van der Waals surface area contributed by atoms with Crippen molar-refractivity contribution in [3.05, 3.63) is 48.3 Å². The summed E-state index contributed by atoms with van der Waals surface area (Å²) in [4.78, 5) is 14.8. The minimum Gasteiger partial charge on any atom is -0.308 e. The molecule has 134 valence electrons. The first-order valence-electron chi connectivity index (χ1n) is 8.84. The second kappa shape index (κ2) is 6.88. The van der Waals surface area contributed by atoms with Crippen molar-refractivity contribution in [2.24, 2.45) is 5.92 Å². The number of benzene rings is 2. The summed E-state index contributed by atoms with van der Waals surface area (Å²) in [6, 6.07) is 12.2. The van der Waals surface area contributed by atoms with E-state index >= 15 is 0 Å². The first-order valence-corrected chi connectivity index (χ1v) is 8.84. The Balaban J connectivity index is 1.61. The molecule has 0 atom stereocenters. The van der Waals surface area contributed by atoms with E-state index in [0.29, 0.717) is 11.4 Å². The largest absolute Gasteiger partial charge is 0.308 e. The van der Waals surface area contributed by atoms with Gasteiger partial charge in [-0.3, -0.25) is 9.89 Å². The Morgan fingerprint density at radius 1 is 1.23 bits per heavy atom. The lowest BCUT2D eigenvalue weighted by Crippen LogP contribution is -2.36. The minimum absolute atomic E-state index is 0.00259. The maximum atomic E-state index is 14.1. The molecule has 3 aromatic rings. The van der Waals surface area contributed by atoms with Gasteiger partial charge in [-0.2, -0.15) is 5.10 Å². The molecule has 0 spiro atoms. The lowest BCUT2D eigenvalue weighted by atomic mass is 9.96. The van der Waals surface area contributed by atoms with Crippen LogP contribution < -0.4 is 5.32 Å². The van der Waals surface area contributed by atoms with Gasteiger partial charge in [0.2, 0.25) is 5.91 Å². The number of piperidine rings is 1. The third-order valence-corrected chi connectivity index (χ3v) is 5.08. The summed E-state index contributed by atoms with van der Waals surface area (Å²) in [5.41, 5.74) is 2.10. The van der Waals surface area contributed by atoms with E-state index in [9.17, 15) is 9.18 Å². The highest BCUT2D eigenvalue weighted by atomic mass is 19.1. The number of nitrogens with one attached hydrogen (secondary N) is 2. The SMILES string of the molecule is CN1CCC(C(=O)Nc2n[nH]c3ccc(-c4ccccc4F)cc23)CC1. The third kappa shape index (κ3) is 3.20. The second-order valence-electron chi connectivity index (χ2n) is 6.88. The number of hydrogen-bond donors (Lipinski definition) is 2. The fourth-order valence-corrected chi connectivity index (χ4v) is 3.46. The van der Waals surface area contributed by atoms with E-state index in [-0.39, 0.29) is 17.6 Å². The van der Waals surface area contributed by atoms with Gasteiger partial charge in [0, 0.05) is 16.9 Å². The Hall–Kier alpha value is -2.73. The fraction of sp³-hybridized carbons (Fsp3) is 0.300. The molecule has 1 aromatic heterocycles. The van der Waals surface area contributed by atoms with Gasteiger partial charge in [-0.25, -0.2) is 4.39 Å². The molecule has 0 radical (unpaired) electrons. The molecule has 0 bridgehead atoms. The van der Waals surface area contributed by atoms with Crippen LogP contribution in [0.25, 0.3) is 22.0 Å². The Kier molecular flexibility index (Phi) is 4.42. The molecule has 0 saturated carbocycles. The average molecular weight is 352 g/mol. The number of anilines is 1. The Morgan fingerprint density at radius 2 is 2.00 bits per heavy atom. The van der Waals surface area contributed by atoms with Crippen molar-refractivity contribution in [2.45, 2.75) is 12.8 Å². The van der Waals surface area contributed by atoms with Crippen LogP contribution in [0.4, 0.5) is 10.2 Å². The van der Waals surface area contributed by atoms with Gasteiger partial charge >= 0.3 is 0 Å². The lowest BCUT2D eigenvalue weighted by molar-refractivity contribution is -0.121. The standard InChI is InChI=1S/C20H21FN4O/c1-25-10-8-13(9-11-25)20(26)22-19-16-12-14(6-7-18(16)23-24-19)15-4-2-3-5-17(15)21/h2-7,12-13H,8-11H2,1H3,(H2,22,23,24,26). The van der Waals surface area contributed by atoms with Gasteiger partial charge in [0.25, 0.3) is 0 Å². The summed E-state index contributed by atoms with van der Waals surface area (Å²) >= 11 is 0. The summed E-state index contributed by atoms with van der Waals surface area (Å²) in [5.74, 6) is 0.241. The van der Waals surface area contributed by atoms with E-state index in [0.717, 1.165) is 42.4 Å². The van der Waals surface area contributed by atoms with Crippen LogP contribution in [0.1, 0.15) is 12.8 Å². The quantitative estimate of drug-likeness (QED) is 0.756. The summed E-state index contributed by atoms with van der Waals surface area (Å²) in [7, 11) is 2.07. The number of carbonyl (C=O) groups is 1. The molecule has 2 N–H and O–H groups in total. The highest BCUT2D eigenvalue weighted by molar-refractivity contribution is 6.01. The molecule has 4 rings (SSSR count). The molecule has 2 aromatic carbocycles. The van der Waals surface area contributed by atoms with Crippen molar-refractivity contribution in [3.63, 3.8) is 0 Å². The van der Waals surface area contributed by atoms with Crippen LogP contribution >= 0.6 is 0 Å². The number of H-pyrrole nitrogens is 1. The number of fused-ring (bicyclic) bond motifs is 1. The fourth-order valence-electron chi connectivity index (χ4n) is 3.46. The van der Waals surface area contributed by atoms with E-state index < -0.39 is 0 Å². The van der Waals surface area contributed by atoms with Crippen molar-refractivity contribution < 1.29 is 9.18 Å². The molecule has 1 aliphatic heterocycles.